The van der Waals surface area contributed by atoms with Gasteiger partial charge in [0.1, 0.15) is 17.5 Å². The van der Waals surface area contributed by atoms with Gasteiger partial charge in [-0.3, -0.25) is 0 Å². The van der Waals surface area contributed by atoms with Crippen LogP contribution in [0.15, 0.2) is 6.07 Å². The fourth-order valence-corrected chi connectivity index (χ4v) is 2.88. The first-order valence-electron chi connectivity index (χ1n) is 7.67. The van der Waals surface area contributed by atoms with E-state index in [9.17, 15) is 5.11 Å². The van der Waals surface area contributed by atoms with E-state index in [2.05, 4.69) is 15.2 Å². The molecule has 3 rings (SSSR count). The Labute approximate surface area is 120 Å². The lowest BCUT2D eigenvalue weighted by atomic mass is 9.92. The van der Waals surface area contributed by atoms with Crippen molar-refractivity contribution in [1.29, 1.82) is 0 Å². The molecule has 5 nitrogen and oxygen atoms in total. The summed E-state index contributed by atoms with van der Waals surface area (Å²) in [4.78, 5) is 11.6. The predicted molar refractivity (Wildman–Crippen MR) is 80.2 cm³/mol. The molecule has 1 aromatic rings. The van der Waals surface area contributed by atoms with E-state index < -0.39 is 0 Å². The number of hydrogen-bond donors (Lipinski definition) is 2. The van der Waals surface area contributed by atoms with Gasteiger partial charge in [-0.25, -0.2) is 9.97 Å². The molecule has 0 aromatic carbocycles. The zero-order valence-electron chi connectivity index (χ0n) is 12.3. The lowest BCUT2D eigenvalue weighted by Crippen LogP contribution is -2.37. The predicted octanol–water partition coefficient (Wildman–Crippen LogP) is 1.99. The van der Waals surface area contributed by atoms with Gasteiger partial charge in [0.15, 0.2) is 0 Å². The summed E-state index contributed by atoms with van der Waals surface area (Å²) >= 11 is 0. The molecule has 20 heavy (non-hydrogen) atoms. The van der Waals surface area contributed by atoms with E-state index >= 15 is 0 Å². The van der Waals surface area contributed by atoms with Crippen molar-refractivity contribution in [1.82, 2.24) is 9.97 Å². The minimum Gasteiger partial charge on any atom is -0.393 e. The lowest BCUT2D eigenvalue weighted by Gasteiger charge is -2.34. The summed E-state index contributed by atoms with van der Waals surface area (Å²) in [5, 5.41) is 12.8. The number of rotatable bonds is 4. The van der Waals surface area contributed by atoms with Crippen LogP contribution in [0.25, 0.3) is 0 Å². The van der Waals surface area contributed by atoms with E-state index in [1.54, 1.807) is 0 Å². The second-order valence-electron chi connectivity index (χ2n) is 6.06. The first kappa shape index (κ1) is 13.6. The molecule has 1 unspecified atom stereocenters. The molecule has 0 bridgehead atoms. The summed E-state index contributed by atoms with van der Waals surface area (Å²) in [5.41, 5.74) is 0. The van der Waals surface area contributed by atoms with Gasteiger partial charge in [0, 0.05) is 32.1 Å². The fourth-order valence-electron chi connectivity index (χ4n) is 2.88. The summed E-state index contributed by atoms with van der Waals surface area (Å²) in [6, 6.07) is 2.04. The Hall–Kier alpha value is -1.36. The standard InChI is InChI=1S/C15H24N4O/c1-10(20)11-5-7-19(8-6-11)14-9-13(16-2)17-15(18-14)12-3-4-12/h9-12,20H,3-8H2,1-2H3,(H,16,17,18). The highest BCUT2D eigenvalue weighted by molar-refractivity contribution is 5.50. The molecule has 1 atom stereocenters. The van der Waals surface area contributed by atoms with Crippen molar-refractivity contribution in [2.75, 3.05) is 30.4 Å². The van der Waals surface area contributed by atoms with Crippen molar-refractivity contribution >= 4 is 11.6 Å². The maximum absolute atomic E-state index is 9.69. The molecule has 1 saturated heterocycles. The van der Waals surface area contributed by atoms with Crippen LogP contribution in [0.1, 0.15) is 44.3 Å². The molecule has 0 amide bonds. The van der Waals surface area contributed by atoms with E-state index in [1.165, 1.54) is 12.8 Å². The van der Waals surface area contributed by atoms with Gasteiger partial charge in [-0.15, -0.1) is 0 Å². The molecule has 1 saturated carbocycles. The second-order valence-corrected chi connectivity index (χ2v) is 6.06. The maximum atomic E-state index is 9.69. The third-order valence-electron chi connectivity index (χ3n) is 4.47. The fraction of sp³-hybridized carbons (Fsp3) is 0.733. The molecule has 2 heterocycles. The summed E-state index contributed by atoms with van der Waals surface area (Å²) in [7, 11) is 1.91. The molecule has 1 aliphatic carbocycles. The quantitative estimate of drug-likeness (QED) is 0.880. The van der Waals surface area contributed by atoms with Crippen molar-refractivity contribution < 1.29 is 5.11 Å². The SMILES string of the molecule is CNc1cc(N2CCC(C(C)O)CC2)nc(C2CC2)n1. The van der Waals surface area contributed by atoms with Crippen molar-refractivity contribution in [3.63, 3.8) is 0 Å². The van der Waals surface area contributed by atoms with Crippen molar-refractivity contribution in [2.45, 2.75) is 44.6 Å². The zero-order chi connectivity index (χ0) is 14.1. The number of nitrogens with one attached hydrogen (secondary N) is 1. The Morgan fingerprint density at radius 2 is 1.95 bits per heavy atom. The van der Waals surface area contributed by atoms with Gasteiger partial charge >= 0.3 is 0 Å². The molecule has 5 heteroatoms. The van der Waals surface area contributed by atoms with Crippen LogP contribution in [0.3, 0.4) is 0 Å². The van der Waals surface area contributed by atoms with Crippen molar-refractivity contribution in [2.24, 2.45) is 5.92 Å². The Morgan fingerprint density at radius 3 is 2.50 bits per heavy atom. The minimum atomic E-state index is -0.197. The summed E-state index contributed by atoms with van der Waals surface area (Å²) < 4.78 is 0. The molecular weight excluding hydrogens is 252 g/mol. The Morgan fingerprint density at radius 1 is 1.25 bits per heavy atom. The Kier molecular flexibility index (Phi) is 3.78. The number of anilines is 2. The van der Waals surface area contributed by atoms with Gasteiger partial charge in [-0.05, 0) is 38.5 Å². The smallest absolute Gasteiger partial charge is 0.136 e. The van der Waals surface area contributed by atoms with Gasteiger partial charge in [-0.1, -0.05) is 0 Å². The van der Waals surface area contributed by atoms with Crippen LogP contribution in [0, 0.1) is 5.92 Å². The Bertz CT molecular complexity index is 465. The van der Waals surface area contributed by atoms with Gasteiger partial charge < -0.3 is 15.3 Å². The largest absolute Gasteiger partial charge is 0.393 e. The Balaban J connectivity index is 1.75. The van der Waals surface area contributed by atoms with Crippen molar-refractivity contribution in [3.8, 4) is 0 Å². The van der Waals surface area contributed by atoms with Crippen LogP contribution in [-0.2, 0) is 0 Å². The minimum absolute atomic E-state index is 0.197. The second kappa shape index (κ2) is 5.56. The average molecular weight is 276 g/mol. The molecule has 0 spiro atoms. The molecular formula is C15H24N4O. The zero-order valence-corrected chi connectivity index (χ0v) is 12.3. The van der Waals surface area contributed by atoms with Gasteiger partial charge in [0.05, 0.1) is 6.10 Å². The molecule has 1 aliphatic heterocycles. The van der Waals surface area contributed by atoms with Crippen molar-refractivity contribution in [3.05, 3.63) is 11.9 Å². The molecule has 2 fully saturated rings. The van der Waals surface area contributed by atoms with Gasteiger partial charge in [0.25, 0.3) is 0 Å². The number of aliphatic hydroxyl groups is 1. The van der Waals surface area contributed by atoms with Crippen LogP contribution >= 0.6 is 0 Å². The first-order chi connectivity index (χ1) is 9.67. The van der Waals surface area contributed by atoms with E-state index in [0.717, 1.165) is 43.4 Å². The summed E-state index contributed by atoms with van der Waals surface area (Å²) in [5.74, 6) is 3.94. The van der Waals surface area contributed by atoms with E-state index in [1.807, 2.05) is 20.0 Å². The number of hydrogen-bond acceptors (Lipinski definition) is 5. The van der Waals surface area contributed by atoms with Crippen LogP contribution < -0.4 is 10.2 Å². The summed E-state index contributed by atoms with van der Waals surface area (Å²) in [6.45, 7) is 3.84. The van der Waals surface area contributed by atoms with E-state index in [-0.39, 0.29) is 6.10 Å². The van der Waals surface area contributed by atoms with Crippen LogP contribution in [-0.4, -0.2) is 41.3 Å². The third-order valence-corrected chi connectivity index (χ3v) is 4.47. The normalized spacial score (nSPS) is 21.9. The molecule has 2 N–H and O–H groups in total. The third kappa shape index (κ3) is 2.87. The molecule has 110 valence electrons. The number of piperidine rings is 1. The van der Waals surface area contributed by atoms with Gasteiger partial charge in [0.2, 0.25) is 0 Å². The highest BCUT2D eigenvalue weighted by Gasteiger charge is 2.29. The average Bonchev–Trinajstić information content (AvgIpc) is 3.31. The lowest BCUT2D eigenvalue weighted by molar-refractivity contribution is 0.110. The highest BCUT2D eigenvalue weighted by atomic mass is 16.3. The number of nitrogens with zero attached hydrogens (tertiary/aromatic N) is 3. The monoisotopic (exact) mass is 276 g/mol. The maximum Gasteiger partial charge on any atom is 0.136 e. The van der Waals surface area contributed by atoms with Crippen LogP contribution in [0.5, 0.6) is 0 Å². The van der Waals surface area contributed by atoms with Gasteiger partial charge in [-0.2, -0.15) is 0 Å². The van der Waals surface area contributed by atoms with Crippen LogP contribution in [0.4, 0.5) is 11.6 Å². The van der Waals surface area contributed by atoms with E-state index in [4.69, 9.17) is 4.98 Å². The summed E-state index contributed by atoms with van der Waals surface area (Å²) in [6.07, 6.45) is 4.32. The number of aliphatic hydroxyl groups excluding tert-OH is 1. The molecule has 2 aliphatic rings. The molecule has 1 aromatic heterocycles. The van der Waals surface area contributed by atoms with E-state index in [0.29, 0.717) is 11.8 Å². The topological polar surface area (TPSA) is 61.3 Å². The number of aromatic nitrogens is 2. The highest BCUT2D eigenvalue weighted by Crippen LogP contribution is 2.39. The molecule has 0 radical (unpaired) electrons. The first-order valence-corrected chi connectivity index (χ1v) is 7.67. The van der Waals surface area contributed by atoms with Crippen LogP contribution in [0.2, 0.25) is 0 Å².